The molecule has 4 rings (SSSR count). The molecule has 5 nitrogen and oxygen atoms in total. The van der Waals surface area contributed by atoms with Gasteiger partial charge in [0.15, 0.2) is 5.65 Å². The molecule has 25 heavy (non-hydrogen) atoms. The predicted octanol–water partition coefficient (Wildman–Crippen LogP) is 4.20. The molecule has 0 radical (unpaired) electrons. The number of aromatic nitrogens is 3. The van der Waals surface area contributed by atoms with Crippen LogP contribution in [0.1, 0.15) is 74.7 Å². The van der Waals surface area contributed by atoms with Crippen molar-refractivity contribution in [2.24, 2.45) is 5.92 Å². The first-order valence-electron chi connectivity index (χ1n) is 9.75. The van der Waals surface area contributed by atoms with Gasteiger partial charge >= 0.3 is 0 Å². The van der Waals surface area contributed by atoms with Gasteiger partial charge in [0.2, 0.25) is 0 Å². The molecule has 0 saturated heterocycles. The summed E-state index contributed by atoms with van der Waals surface area (Å²) in [5.41, 5.74) is 1.59. The second-order valence-corrected chi connectivity index (χ2v) is 7.91. The molecular weight excluding hydrogens is 312 g/mol. The summed E-state index contributed by atoms with van der Waals surface area (Å²) in [6.07, 6.45) is 13.3. The maximum absolute atomic E-state index is 13.0. The van der Waals surface area contributed by atoms with Crippen LogP contribution in [0.5, 0.6) is 0 Å². The smallest absolute Gasteiger partial charge is 0.255 e. The third-order valence-electron chi connectivity index (χ3n) is 6.23. The first-order chi connectivity index (χ1) is 12.1. The second kappa shape index (κ2) is 6.77. The van der Waals surface area contributed by atoms with Crippen molar-refractivity contribution in [3.05, 3.63) is 24.0 Å². The van der Waals surface area contributed by atoms with Crippen molar-refractivity contribution in [1.29, 1.82) is 0 Å². The Labute approximate surface area is 149 Å². The van der Waals surface area contributed by atoms with Gasteiger partial charge in [-0.1, -0.05) is 32.6 Å². The zero-order valence-electron chi connectivity index (χ0n) is 15.3. The van der Waals surface area contributed by atoms with Gasteiger partial charge in [0.1, 0.15) is 0 Å². The topological polar surface area (TPSA) is 51.0 Å². The lowest BCUT2D eigenvalue weighted by atomic mass is 9.85. The van der Waals surface area contributed by atoms with Crippen LogP contribution in [0.2, 0.25) is 0 Å². The molecule has 0 unspecified atom stereocenters. The van der Waals surface area contributed by atoms with E-state index in [2.05, 4.69) is 21.7 Å². The van der Waals surface area contributed by atoms with E-state index in [0.717, 1.165) is 17.5 Å². The molecule has 2 aliphatic carbocycles. The summed E-state index contributed by atoms with van der Waals surface area (Å²) in [6, 6.07) is 2.78. The number of carbonyl (C=O) groups excluding carboxylic acids is 1. The summed E-state index contributed by atoms with van der Waals surface area (Å²) < 4.78 is 2.06. The minimum Gasteiger partial charge on any atom is -0.338 e. The van der Waals surface area contributed by atoms with Crippen molar-refractivity contribution >= 4 is 16.9 Å². The minimum absolute atomic E-state index is 0.0850. The van der Waals surface area contributed by atoms with E-state index in [-0.39, 0.29) is 5.91 Å². The number of hydrogen-bond acceptors (Lipinski definition) is 3. The highest BCUT2D eigenvalue weighted by Crippen LogP contribution is 2.32. The van der Waals surface area contributed by atoms with Gasteiger partial charge in [-0.2, -0.15) is 5.10 Å². The van der Waals surface area contributed by atoms with Crippen molar-refractivity contribution in [2.75, 3.05) is 7.05 Å². The van der Waals surface area contributed by atoms with E-state index in [0.29, 0.717) is 23.6 Å². The molecule has 2 heterocycles. The Balaban J connectivity index is 1.57. The van der Waals surface area contributed by atoms with Gasteiger partial charge in [0.25, 0.3) is 5.91 Å². The third kappa shape index (κ3) is 3.05. The molecule has 1 amide bonds. The Morgan fingerprint density at radius 3 is 2.60 bits per heavy atom. The van der Waals surface area contributed by atoms with E-state index < -0.39 is 0 Å². The van der Waals surface area contributed by atoms with Gasteiger partial charge in [-0.3, -0.25) is 4.79 Å². The predicted molar refractivity (Wildman–Crippen MR) is 98.5 cm³/mol. The Bertz CT molecular complexity index is 762. The molecule has 2 aliphatic rings. The molecule has 0 spiro atoms. The van der Waals surface area contributed by atoms with E-state index in [9.17, 15) is 4.79 Å². The largest absolute Gasteiger partial charge is 0.338 e. The lowest BCUT2D eigenvalue weighted by Crippen LogP contribution is -2.42. The fraction of sp³-hybridized carbons (Fsp3) is 0.650. The van der Waals surface area contributed by atoms with Crippen molar-refractivity contribution in [3.63, 3.8) is 0 Å². The summed E-state index contributed by atoms with van der Waals surface area (Å²) >= 11 is 0. The van der Waals surface area contributed by atoms with Crippen LogP contribution < -0.4 is 0 Å². The fourth-order valence-electron chi connectivity index (χ4n) is 4.70. The molecule has 0 N–H and O–H groups in total. The van der Waals surface area contributed by atoms with Crippen LogP contribution in [0.15, 0.2) is 18.5 Å². The Morgan fingerprint density at radius 2 is 1.84 bits per heavy atom. The molecule has 0 aliphatic heterocycles. The Hall–Kier alpha value is -1.91. The van der Waals surface area contributed by atoms with Crippen molar-refractivity contribution in [1.82, 2.24) is 19.7 Å². The zero-order chi connectivity index (χ0) is 17.4. The number of carbonyl (C=O) groups is 1. The fourth-order valence-corrected chi connectivity index (χ4v) is 4.70. The van der Waals surface area contributed by atoms with Gasteiger partial charge < -0.3 is 4.90 Å². The summed E-state index contributed by atoms with van der Waals surface area (Å²) in [5, 5.41) is 5.53. The number of amides is 1. The van der Waals surface area contributed by atoms with Gasteiger partial charge in [0.05, 0.1) is 17.8 Å². The van der Waals surface area contributed by atoms with Gasteiger partial charge in [-0.05, 0) is 37.7 Å². The number of pyridine rings is 1. The molecule has 134 valence electrons. The van der Waals surface area contributed by atoms with E-state index in [1.54, 1.807) is 6.20 Å². The Morgan fingerprint density at radius 1 is 1.12 bits per heavy atom. The molecule has 2 aromatic rings. The molecule has 5 heteroatoms. The monoisotopic (exact) mass is 340 g/mol. The van der Waals surface area contributed by atoms with E-state index >= 15 is 0 Å². The van der Waals surface area contributed by atoms with Crippen LogP contribution in [0.4, 0.5) is 0 Å². The zero-order valence-corrected chi connectivity index (χ0v) is 15.3. The first-order valence-corrected chi connectivity index (χ1v) is 9.75. The lowest BCUT2D eigenvalue weighted by molar-refractivity contribution is 0.0628. The van der Waals surface area contributed by atoms with Crippen molar-refractivity contribution in [2.45, 2.75) is 70.4 Å². The van der Waals surface area contributed by atoms with Crippen LogP contribution in [0.25, 0.3) is 11.0 Å². The highest BCUT2D eigenvalue weighted by molar-refractivity contribution is 5.96. The molecule has 2 fully saturated rings. The number of hydrogen-bond donors (Lipinski definition) is 0. The standard InChI is InChI=1S/C20H28N4O/c1-14-7-3-6-10-18(14)23(2)20(25)16-11-15-13-22-24(19(15)21-12-16)17-8-4-5-9-17/h11-14,17-18H,3-10H2,1-2H3/t14-,18-/m1/s1. The quantitative estimate of drug-likeness (QED) is 0.841. The van der Waals surface area contributed by atoms with E-state index in [4.69, 9.17) is 0 Å². The number of nitrogens with zero attached hydrogens (tertiary/aromatic N) is 4. The molecular formula is C20H28N4O. The Kier molecular flexibility index (Phi) is 4.48. The van der Waals surface area contributed by atoms with Crippen molar-refractivity contribution < 1.29 is 4.79 Å². The average molecular weight is 340 g/mol. The van der Waals surface area contributed by atoms with Crippen LogP contribution in [-0.2, 0) is 0 Å². The van der Waals surface area contributed by atoms with Gasteiger partial charge in [0, 0.05) is 24.7 Å². The molecule has 0 bridgehead atoms. The summed E-state index contributed by atoms with van der Waals surface area (Å²) in [4.78, 5) is 19.5. The molecule has 2 atom stereocenters. The SMILES string of the molecule is C[C@@H]1CCCC[C@H]1N(C)C(=O)c1cnc2c(cnn2C2CCCC2)c1. The van der Waals surface area contributed by atoms with E-state index in [1.807, 2.05) is 24.2 Å². The molecule has 2 saturated carbocycles. The maximum atomic E-state index is 13.0. The van der Waals surface area contributed by atoms with Gasteiger partial charge in [-0.15, -0.1) is 0 Å². The van der Waals surface area contributed by atoms with Crippen LogP contribution in [-0.4, -0.2) is 38.7 Å². The normalized spacial score (nSPS) is 24.7. The highest BCUT2D eigenvalue weighted by Gasteiger charge is 2.29. The van der Waals surface area contributed by atoms with Crippen LogP contribution >= 0.6 is 0 Å². The maximum Gasteiger partial charge on any atom is 0.255 e. The third-order valence-corrected chi connectivity index (χ3v) is 6.23. The number of fused-ring (bicyclic) bond motifs is 1. The second-order valence-electron chi connectivity index (χ2n) is 7.91. The average Bonchev–Trinajstić information content (AvgIpc) is 3.29. The molecule has 0 aromatic carbocycles. The lowest BCUT2D eigenvalue weighted by Gasteiger charge is -2.36. The summed E-state index contributed by atoms with van der Waals surface area (Å²) in [7, 11) is 1.95. The van der Waals surface area contributed by atoms with Crippen LogP contribution in [0.3, 0.4) is 0 Å². The molecule has 2 aromatic heterocycles. The number of rotatable bonds is 3. The summed E-state index contributed by atoms with van der Waals surface area (Å²) in [5.74, 6) is 0.659. The highest BCUT2D eigenvalue weighted by atomic mass is 16.2. The van der Waals surface area contributed by atoms with E-state index in [1.165, 1.54) is 44.9 Å². The first kappa shape index (κ1) is 16.6. The van der Waals surface area contributed by atoms with Crippen molar-refractivity contribution in [3.8, 4) is 0 Å². The van der Waals surface area contributed by atoms with Gasteiger partial charge in [-0.25, -0.2) is 9.67 Å². The summed E-state index contributed by atoms with van der Waals surface area (Å²) in [6.45, 7) is 2.26. The van der Waals surface area contributed by atoms with Crippen LogP contribution in [0, 0.1) is 5.92 Å². The minimum atomic E-state index is 0.0850.